The first-order chi connectivity index (χ1) is 9.51. The van der Waals surface area contributed by atoms with Crippen LogP contribution in [0, 0.1) is 0 Å². The van der Waals surface area contributed by atoms with Gasteiger partial charge in [0.05, 0.1) is 4.90 Å². The van der Waals surface area contributed by atoms with E-state index in [1.807, 2.05) is 6.07 Å². The Bertz CT molecular complexity index is 682. The van der Waals surface area contributed by atoms with Crippen LogP contribution in [0.5, 0.6) is 0 Å². The zero-order valence-electron chi connectivity index (χ0n) is 10.6. The Labute approximate surface area is 126 Å². The zero-order chi connectivity index (χ0) is 14.6. The van der Waals surface area contributed by atoms with Gasteiger partial charge in [-0.25, -0.2) is 8.42 Å². The number of sulfone groups is 1. The molecule has 0 aliphatic rings. The largest absolute Gasteiger partial charge is 0.294 e. The van der Waals surface area contributed by atoms with E-state index in [0.717, 1.165) is 0 Å². The molecule has 1 atom stereocenters. The van der Waals surface area contributed by atoms with E-state index >= 15 is 0 Å². The highest BCUT2D eigenvalue weighted by Gasteiger charge is 2.27. The van der Waals surface area contributed by atoms with Gasteiger partial charge in [0.15, 0.2) is 15.6 Å². The lowest BCUT2D eigenvalue weighted by Crippen LogP contribution is -2.19. The van der Waals surface area contributed by atoms with Crippen molar-refractivity contribution in [1.82, 2.24) is 0 Å². The normalized spacial score (nSPS) is 12.8. The predicted octanol–water partition coefficient (Wildman–Crippen LogP) is 3.45. The SMILES string of the molecule is O=C(CC(Br)S(=O)(=O)c1ccccc1)c1ccccc1. The average Bonchev–Trinajstić information content (AvgIpc) is 2.49. The Morgan fingerprint density at radius 2 is 1.45 bits per heavy atom. The van der Waals surface area contributed by atoms with Gasteiger partial charge in [0.2, 0.25) is 0 Å². The van der Waals surface area contributed by atoms with Crippen molar-refractivity contribution in [3.63, 3.8) is 0 Å². The summed E-state index contributed by atoms with van der Waals surface area (Å²) in [5, 5.41) is 0. The lowest BCUT2D eigenvalue weighted by atomic mass is 10.1. The van der Waals surface area contributed by atoms with Gasteiger partial charge in [0.25, 0.3) is 0 Å². The summed E-state index contributed by atoms with van der Waals surface area (Å²) in [5.41, 5.74) is 0.514. The number of benzene rings is 2. The molecule has 2 rings (SSSR count). The van der Waals surface area contributed by atoms with Crippen molar-refractivity contribution in [2.45, 2.75) is 15.5 Å². The highest BCUT2D eigenvalue weighted by atomic mass is 79.9. The Hall–Kier alpha value is -1.46. The third-order valence-electron chi connectivity index (χ3n) is 2.85. The molecule has 0 aliphatic carbocycles. The van der Waals surface area contributed by atoms with Crippen molar-refractivity contribution >= 4 is 31.6 Å². The first-order valence-electron chi connectivity index (χ1n) is 6.03. The quantitative estimate of drug-likeness (QED) is 0.611. The topological polar surface area (TPSA) is 51.2 Å². The first kappa shape index (κ1) is 14.9. The Kier molecular flexibility index (Phi) is 4.73. The molecule has 0 amide bonds. The number of hydrogen-bond acceptors (Lipinski definition) is 3. The molecule has 0 heterocycles. The Morgan fingerprint density at radius 3 is 2.00 bits per heavy atom. The summed E-state index contributed by atoms with van der Waals surface area (Å²) < 4.78 is 23.7. The van der Waals surface area contributed by atoms with Gasteiger partial charge < -0.3 is 0 Å². The van der Waals surface area contributed by atoms with E-state index in [9.17, 15) is 13.2 Å². The van der Waals surface area contributed by atoms with Gasteiger partial charge in [-0.1, -0.05) is 64.5 Å². The van der Waals surface area contributed by atoms with Gasteiger partial charge in [-0.15, -0.1) is 0 Å². The second-order valence-corrected chi connectivity index (χ2v) is 8.10. The molecule has 2 aromatic carbocycles. The molecule has 0 bridgehead atoms. The Morgan fingerprint density at radius 1 is 0.950 bits per heavy atom. The maximum absolute atomic E-state index is 12.3. The maximum atomic E-state index is 12.3. The molecule has 20 heavy (non-hydrogen) atoms. The fraction of sp³-hybridized carbons (Fsp3) is 0.133. The number of Topliss-reactive ketones (excluding diaryl/α,β-unsaturated/α-hetero) is 1. The van der Waals surface area contributed by atoms with Crippen LogP contribution in [0.1, 0.15) is 16.8 Å². The third kappa shape index (κ3) is 3.35. The summed E-state index contributed by atoms with van der Waals surface area (Å²) >= 11 is 3.13. The fourth-order valence-electron chi connectivity index (χ4n) is 1.76. The number of carbonyl (C=O) groups excluding carboxylic acids is 1. The van der Waals surface area contributed by atoms with Crippen molar-refractivity contribution in [2.24, 2.45) is 0 Å². The summed E-state index contributed by atoms with van der Waals surface area (Å²) in [4.78, 5) is 12.2. The number of hydrogen-bond donors (Lipinski definition) is 0. The molecule has 1 unspecified atom stereocenters. The number of carbonyl (C=O) groups is 1. The van der Waals surface area contributed by atoms with E-state index in [1.165, 1.54) is 12.1 Å². The van der Waals surface area contributed by atoms with Crippen molar-refractivity contribution < 1.29 is 13.2 Å². The Balaban J connectivity index is 2.17. The van der Waals surface area contributed by atoms with E-state index < -0.39 is 14.0 Å². The second-order valence-electron chi connectivity index (χ2n) is 4.26. The smallest absolute Gasteiger partial charge is 0.191 e. The molecule has 0 saturated carbocycles. The first-order valence-corrected chi connectivity index (χ1v) is 8.49. The van der Waals surface area contributed by atoms with Crippen molar-refractivity contribution in [1.29, 1.82) is 0 Å². The zero-order valence-corrected chi connectivity index (χ0v) is 13.0. The summed E-state index contributed by atoms with van der Waals surface area (Å²) in [6.07, 6.45) is -0.0960. The fourth-order valence-corrected chi connectivity index (χ4v) is 3.90. The van der Waals surface area contributed by atoms with E-state index in [-0.39, 0.29) is 17.1 Å². The number of ketones is 1. The van der Waals surface area contributed by atoms with E-state index in [0.29, 0.717) is 5.56 Å². The lowest BCUT2D eigenvalue weighted by Gasteiger charge is -2.10. The highest BCUT2D eigenvalue weighted by molar-refractivity contribution is 9.11. The summed E-state index contributed by atoms with van der Waals surface area (Å²) in [6.45, 7) is 0. The molecular weight excluding hydrogens is 340 g/mol. The number of halogens is 1. The molecule has 0 radical (unpaired) electrons. The van der Waals surface area contributed by atoms with Crippen LogP contribution in [-0.2, 0) is 9.84 Å². The minimum absolute atomic E-state index is 0.0960. The molecule has 0 aromatic heterocycles. The second kappa shape index (κ2) is 6.33. The van der Waals surface area contributed by atoms with E-state index in [1.54, 1.807) is 42.5 Å². The lowest BCUT2D eigenvalue weighted by molar-refractivity contribution is 0.0987. The predicted molar refractivity (Wildman–Crippen MR) is 81.7 cm³/mol. The van der Waals surface area contributed by atoms with Crippen LogP contribution in [0.3, 0.4) is 0 Å². The van der Waals surface area contributed by atoms with Gasteiger partial charge in [0, 0.05) is 12.0 Å². The van der Waals surface area contributed by atoms with Crippen LogP contribution in [0.25, 0.3) is 0 Å². The number of rotatable bonds is 5. The van der Waals surface area contributed by atoms with Crippen molar-refractivity contribution in [3.05, 3.63) is 66.2 Å². The van der Waals surface area contributed by atoms with Crippen LogP contribution in [-0.4, -0.2) is 18.4 Å². The summed E-state index contributed by atoms with van der Waals surface area (Å²) in [6, 6.07) is 16.8. The standard InChI is InChI=1S/C15H13BrO3S/c16-15(11-14(17)12-7-3-1-4-8-12)20(18,19)13-9-5-2-6-10-13/h1-10,15H,11H2. The van der Waals surface area contributed by atoms with Gasteiger partial charge in [-0.05, 0) is 12.1 Å². The summed E-state index contributed by atoms with van der Waals surface area (Å²) in [5.74, 6) is -0.202. The van der Waals surface area contributed by atoms with E-state index in [4.69, 9.17) is 0 Å². The molecule has 3 nitrogen and oxygen atoms in total. The van der Waals surface area contributed by atoms with Crippen LogP contribution in [0.15, 0.2) is 65.6 Å². The maximum Gasteiger partial charge on any atom is 0.191 e. The molecule has 0 fully saturated rings. The van der Waals surface area contributed by atoms with Crippen LogP contribution in [0.2, 0.25) is 0 Å². The van der Waals surface area contributed by atoms with Crippen LogP contribution < -0.4 is 0 Å². The van der Waals surface area contributed by atoms with Crippen molar-refractivity contribution in [3.8, 4) is 0 Å². The minimum Gasteiger partial charge on any atom is -0.294 e. The van der Waals surface area contributed by atoms with Gasteiger partial charge in [-0.3, -0.25) is 4.79 Å². The monoisotopic (exact) mass is 352 g/mol. The van der Waals surface area contributed by atoms with Gasteiger partial charge in [0.1, 0.15) is 4.16 Å². The molecule has 0 saturated heterocycles. The van der Waals surface area contributed by atoms with Crippen molar-refractivity contribution in [2.75, 3.05) is 0 Å². The van der Waals surface area contributed by atoms with Gasteiger partial charge >= 0.3 is 0 Å². The molecule has 0 aliphatic heterocycles. The third-order valence-corrected chi connectivity index (χ3v) is 6.42. The van der Waals surface area contributed by atoms with Crippen LogP contribution >= 0.6 is 15.9 Å². The molecular formula is C15H13BrO3S. The van der Waals surface area contributed by atoms with Crippen LogP contribution in [0.4, 0.5) is 0 Å². The molecule has 104 valence electrons. The van der Waals surface area contributed by atoms with Gasteiger partial charge in [-0.2, -0.15) is 0 Å². The summed E-state index contributed by atoms with van der Waals surface area (Å²) in [7, 11) is -3.55. The average molecular weight is 353 g/mol. The highest BCUT2D eigenvalue weighted by Crippen LogP contribution is 2.24. The number of alkyl halides is 1. The molecule has 0 spiro atoms. The molecule has 5 heteroatoms. The minimum atomic E-state index is -3.55. The molecule has 2 aromatic rings. The van der Waals surface area contributed by atoms with E-state index in [2.05, 4.69) is 15.9 Å². The molecule has 0 N–H and O–H groups in total.